The molecule has 2 aromatic rings. The second-order valence-corrected chi connectivity index (χ2v) is 5.24. The lowest BCUT2D eigenvalue weighted by molar-refractivity contribution is 0.132. The van der Waals surface area contributed by atoms with Gasteiger partial charge in [0.25, 0.3) is 0 Å². The predicted octanol–water partition coefficient (Wildman–Crippen LogP) is 4.34. The van der Waals surface area contributed by atoms with Crippen molar-refractivity contribution in [3.63, 3.8) is 0 Å². The van der Waals surface area contributed by atoms with Crippen LogP contribution in [0.25, 0.3) is 0 Å². The van der Waals surface area contributed by atoms with Gasteiger partial charge in [0, 0.05) is 11.4 Å². The van der Waals surface area contributed by atoms with Gasteiger partial charge >= 0.3 is 0 Å². The molecular formula is C20H24N2O. The minimum Gasteiger partial charge on any atom is -0.377 e. The monoisotopic (exact) mass is 308 g/mol. The molecule has 0 aliphatic heterocycles. The number of para-hydroxylation sites is 2. The van der Waals surface area contributed by atoms with Crippen LogP contribution in [0, 0.1) is 0 Å². The number of anilines is 2. The number of rotatable bonds is 10. The standard InChI is InChI=1S/C20H24N2O/c1-3-17(21-19-11-7-5-8-12-19)15-23-16-18(4-2)22-20-13-9-6-10-14-20/h3-14,17-18,21-22H,1-2,15-16H2. The van der Waals surface area contributed by atoms with Crippen molar-refractivity contribution >= 4 is 11.4 Å². The first-order valence-electron chi connectivity index (χ1n) is 7.78. The maximum atomic E-state index is 5.82. The minimum atomic E-state index is 0.0691. The summed E-state index contributed by atoms with van der Waals surface area (Å²) in [5.74, 6) is 0. The highest BCUT2D eigenvalue weighted by Gasteiger charge is 2.08. The van der Waals surface area contributed by atoms with Gasteiger partial charge in [0.2, 0.25) is 0 Å². The third-order valence-corrected chi connectivity index (χ3v) is 3.42. The van der Waals surface area contributed by atoms with Gasteiger partial charge in [-0.3, -0.25) is 0 Å². The van der Waals surface area contributed by atoms with Crippen molar-refractivity contribution < 1.29 is 4.74 Å². The quantitative estimate of drug-likeness (QED) is 0.641. The number of ether oxygens (including phenoxy) is 1. The molecule has 3 heteroatoms. The molecule has 0 aromatic heterocycles. The summed E-state index contributed by atoms with van der Waals surface area (Å²) in [6, 6.07) is 20.2. The number of hydrogen-bond acceptors (Lipinski definition) is 3. The van der Waals surface area contributed by atoms with Crippen LogP contribution < -0.4 is 10.6 Å². The van der Waals surface area contributed by atoms with Gasteiger partial charge in [0.1, 0.15) is 0 Å². The summed E-state index contributed by atoms with van der Waals surface area (Å²) in [5.41, 5.74) is 2.12. The van der Waals surface area contributed by atoms with Gasteiger partial charge < -0.3 is 15.4 Å². The van der Waals surface area contributed by atoms with E-state index >= 15 is 0 Å². The second kappa shape index (κ2) is 9.49. The lowest BCUT2D eigenvalue weighted by atomic mass is 10.2. The van der Waals surface area contributed by atoms with E-state index in [1.807, 2.05) is 72.8 Å². The van der Waals surface area contributed by atoms with Crippen LogP contribution in [0.4, 0.5) is 11.4 Å². The normalized spacial score (nSPS) is 12.9. The molecule has 0 spiro atoms. The molecule has 0 amide bonds. The SMILES string of the molecule is C=CC(COCC(C=C)Nc1ccccc1)Nc1ccccc1. The number of nitrogens with one attached hydrogen (secondary N) is 2. The highest BCUT2D eigenvalue weighted by atomic mass is 16.5. The van der Waals surface area contributed by atoms with Crippen molar-refractivity contribution in [2.75, 3.05) is 23.8 Å². The van der Waals surface area contributed by atoms with Crippen LogP contribution in [-0.2, 0) is 4.74 Å². The highest BCUT2D eigenvalue weighted by molar-refractivity contribution is 5.45. The third-order valence-electron chi connectivity index (χ3n) is 3.42. The van der Waals surface area contributed by atoms with E-state index in [0.717, 1.165) is 11.4 Å². The van der Waals surface area contributed by atoms with Gasteiger partial charge in [-0.25, -0.2) is 0 Å². The lowest BCUT2D eigenvalue weighted by Gasteiger charge is -2.20. The van der Waals surface area contributed by atoms with Crippen molar-refractivity contribution in [1.82, 2.24) is 0 Å². The van der Waals surface area contributed by atoms with Crippen molar-refractivity contribution in [3.05, 3.63) is 86.0 Å². The molecule has 120 valence electrons. The molecule has 0 saturated carbocycles. The Balaban J connectivity index is 1.77. The zero-order valence-corrected chi connectivity index (χ0v) is 13.3. The second-order valence-electron chi connectivity index (χ2n) is 5.24. The fraction of sp³-hybridized carbons (Fsp3) is 0.200. The summed E-state index contributed by atoms with van der Waals surface area (Å²) in [7, 11) is 0. The van der Waals surface area contributed by atoms with Crippen molar-refractivity contribution in [1.29, 1.82) is 0 Å². The summed E-state index contributed by atoms with van der Waals surface area (Å²) in [6.45, 7) is 8.84. The first-order valence-corrected chi connectivity index (χ1v) is 7.78. The van der Waals surface area contributed by atoms with Gasteiger partial charge in [-0.05, 0) is 24.3 Å². The Labute approximate surface area is 138 Å². The zero-order chi connectivity index (χ0) is 16.3. The largest absolute Gasteiger partial charge is 0.377 e. The van der Waals surface area contributed by atoms with Crippen LogP contribution in [0.3, 0.4) is 0 Å². The van der Waals surface area contributed by atoms with E-state index in [-0.39, 0.29) is 12.1 Å². The molecule has 0 heterocycles. The van der Waals surface area contributed by atoms with Crippen molar-refractivity contribution in [3.8, 4) is 0 Å². The fourth-order valence-electron chi connectivity index (χ4n) is 2.16. The Kier molecular flexibility index (Phi) is 6.95. The molecule has 0 fully saturated rings. The predicted molar refractivity (Wildman–Crippen MR) is 98.9 cm³/mol. The topological polar surface area (TPSA) is 33.3 Å². The molecule has 0 aliphatic carbocycles. The van der Waals surface area contributed by atoms with Gasteiger partial charge in [-0.2, -0.15) is 0 Å². The Morgan fingerprint density at radius 2 is 1.13 bits per heavy atom. The Bertz CT molecular complexity index is 530. The van der Waals surface area contributed by atoms with Gasteiger partial charge in [0.05, 0.1) is 25.3 Å². The van der Waals surface area contributed by atoms with Gasteiger partial charge in [-0.15, -0.1) is 13.2 Å². The molecule has 2 N–H and O–H groups in total. The van der Waals surface area contributed by atoms with E-state index in [1.165, 1.54) is 0 Å². The van der Waals surface area contributed by atoms with E-state index in [0.29, 0.717) is 13.2 Å². The highest BCUT2D eigenvalue weighted by Crippen LogP contribution is 2.10. The molecule has 2 atom stereocenters. The van der Waals surface area contributed by atoms with E-state index in [2.05, 4.69) is 23.8 Å². The van der Waals surface area contributed by atoms with E-state index in [9.17, 15) is 0 Å². The zero-order valence-electron chi connectivity index (χ0n) is 13.3. The van der Waals surface area contributed by atoms with Gasteiger partial charge in [0.15, 0.2) is 0 Å². The van der Waals surface area contributed by atoms with Crippen molar-refractivity contribution in [2.45, 2.75) is 12.1 Å². The molecule has 0 bridgehead atoms. The third kappa shape index (κ3) is 6.01. The van der Waals surface area contributed by atoms with Crippen LogP contribution in [0.1, 0.15) is 0 Å². The smallest absolute Gasteiger partial charge is 0.0705 e. The maximum Gasteiger partial charge on any atom is 0.0705 e. The van der Waals surface area contributed by atoms with Gasteiger partial charge in [-0.1, -0.05) is 48.6 Å². The maximum absolute atomic E-state index is 5.82. The fourth-order valence-corrected chi connectivity index (χ4v) is 2.16. The summed E-state index contributed by atoms with van der Waals surface area (Å²) >= 11 is 0. The Hall–Kier alpha value is -2.52. The average Bonchev–Trinajstić information content (AvgIpc) is 2.61. The first-order chi connectivity index (χ1) is 11.3. The summed E-state index contributed by atoms with van der Waals surface area (Å²) in [4.78, 5) is 0. The lowest BCUT2D eigenvalue weighted by Crippen LogP contribution is -2.28. The van der Waals surface area contributed by atoms with E-state index in [4.69, 9.17) is 4.74 Å². The van der Waals surface area contributed by atoms with E-state index in [1.54, 1.807) is 0 Å². The molecule has 2 unspecified atom stereocenters. The van der Waals surface area contributed by atoms with Crippen LogP contribution in [0.2, 0.25) is 0 Å². The first kappa shape index (κ1) is 16.8. The number of hydrogen-bond donors (Lipinski definition) is 2. The molecule has 2 rings (SSSR count). The summed E-state index contributed by atoms with van der Waals surface area (Å²) in [5, 5.41) is 6.76. The van der Waals surface area contributed by atoms with Crippen LogP contribution in [0.5, 0.6) is 0 Å². The van der Waals surface area contributed by atoms with Crippen molar-refractivity contribution in [2.24, 2.45) is 0 Å². The molecule has 0 saturated heterocycles. The Morgan fingerprint density at radius 3 is 1.48 bits per heavy atom. The Morgan fingerprint density at radius 1 is 0.739 bits per heavy atom. The van der Waals surface area contributed by atoms with E-state index < -0.39 is 0 Å². The van der Waals surface area contributed by atoms with Crippen LogP contribution in [-0.4, -0.2) is 25.3 Å². The number of benzene rings is 2. The summed E-state index contributed by atoms with van der Waals surface area (Å²) < 4.78 is 5.82. The minimum absolute atomic E-state index is 0.0691. The molecule has 0 radical (unpaired) electrons. The van der Waals surface area contributed by atoms with Crippen LogP contribution in [0.15, 0.2) is 86.0 Å². The molecule has 2 aromatic carbocycles. The molecule has 3 nitrogen and oxygen atoms in total. The summed E-state index contributed by atoms with van der Waals surface area (Å²) in [6.07, 6.45) is 3.72. The molecule has 23 heavy (non-hydrogen) atoms. The molecular weight excluding hydrogens is 284 g/mol. The molecule has 0 aliphatic rings. The average molecular weight is 308 g/mol. The van der Waals surface area contributed by atoms with Crippen LogP contribution >= 0.6 is 0 Å².